The SMILES string of the molecule is [N-]=[N+]=NCCC[C@H]1CNCCO1. The zero-order valence-corrected chi connectivity index (χ0v) is 7.07. The molecule has 0 aromatic carbocycles. The number of azide groups is 1. The van der Waals surface area contributed by atoms with Crippen molar-refractivity contribution in [3.63, 3.8) is 0 Å². The van der Waals surface area contributed by atoms with Gasteiger partial charge in [-0.2, -0.15) is 0 Å². The minimum absolute atomic E-state index is 0.313. The quantitative estimate of drug-likeness (QED) is 0.296. The van der Waals surface area contributed by atoms with Crippen LogP contribution in [-0.4, -0.2) is 32.3 Å². The van der Waals surface area contributed by atoms with E-state index in [1.807, 2.05) is 0 Å². The highest BCUT2D eigenvalue weighted by Gasteiger charge is 2.11. The Labute approximate surface area is 71.7 Å². The molecule has 1 atom stereocenters. The van der Waals surface area contributed by atoms with Crippen LogP contribution in [0.15, 0.2) is 5.11 Å². The molecule has 0 aromatic rings. The summed E-state index contributed by atoms with van der Waals surface area (Å²) in [6.45, 7) is 3.26. The fourth-order valence-electron chi connectivity index (χ4n) is 1.24. The molecule has 0 amide bonds. The van der Waals surface area contributed by atoms with Crippen LogP contribution in [0.25, 0.3) is 10.4 Å². The third kappa shape index (κ3) is 3.57. The number of rotatable bonds is 4. The van der Waals surface area contributed by atoms with Gasteiger partial charge in [-0.3, -0.25) is 0 Å². The van der Waals surface area contributed by atoms with Crippen molar-refractivity contribution in [3.8, 4) is 0 Å². The molecule has 0 unspecified atom stereocenters. The van der Waals surface area contributed by atoms with Crippen LogP contribution in [-0.2, 0) is 4.74 Å². The maximum absolute atomic E-state index is 8.02. The normalized spacial score (nSPS) is 23.2. The van der Waals surface area contributed by atoms with Crippen molar-refractivity contribution in [2.45, 2.75) is 18.9 Å². The Bertz CT molecular complexity index is 161. The van der Waals surface area contributed by atoms with Gasteiger partial charge in [0.25, 0.3) is 0 Å². The molecule has 1 fully saturated rings. The van der Waals surface area contributed by atoms with Crippen LogP contribution < -0.4 is 5.32 Å². The van der Waals surface area contributed by atoms with E-state index in [1.165, 1.54) is 0 Å². The Kier molecular flexibility index (Phi) is 4.52. The van der Waals surface area contributed by atoms with Crippen molar-refractivity contribution < 1.29 is 4.74 Å². The van der Waals surface area contributed by atoms with Crippen molar-refractivity contribution in [2.75, 3.05) is 26.2 Å². The van der Waals surface area contributed by atoms with E-state index in [0.29, 0.717) is 12.6 Å². The lowest BCUT2D eigenvalue weighted by atomic mass is 10.2. The molecule has 1 rings (SSSR count). The molecule has 5 heteroatoms. The summed E-state index contributed by atoms with van der Waals surface area (Å²) in [5.41, 5.74) is 8.02. The molecule has 12 heavy (non-hydrogen) atoms. The molecule has 5 nitrogen and oxygen atoms in total. The van der Waals surface area contributed by atoms with E-state index in [-0.39, 0.29) is 0 Å². The fraction of sp³-hybridized carbons (Fsp3) is 1.00. The van der Waals surface area contributed by atoms with E-state index in [1.54, 1.807) is 0 Å². The highest BCUT2D eigenvalue weighted by Crippen LogP contribution is 2.04. The first-order chi connectivity index (χ1) is 5.93. The zero-order chi connectivity index (χ0) is 8.65. The van der Waals surface area contributed by atoms with Crippen LogP contribution in [0.2, 0.25) is 0 Å². The van der Waals surface area contributed by atoms with Crippen LogP contribution >= 0.6 is 0 Å². The smallest absolute Gasteiger partial charge is 0.0700 e. The Morgan fingerprint density at radius 3 is 3.25 bits per heavy atom. The number of nitrogens with zero attached hydrogens (tertiary/aromatic N) is 3. The minimum atomic E-state index is 0.313. The van der Waals surface area contributed by atoms with Gasteiger partial charge in [-0.05, 0) is 18.4 Å². The minimum Gasteiger partial charge on any atom is -0.376 e. The molecule has 68 valence electrons. The van der Waals surface area contributed by atoms with Crippen molar-refractivity contribution in [2.24, 2.45) is 5.11 Å². The maximum atomic E-state index is 8.02. The summed E-state index contributed by atoms with van der Waals surface area (Å²) in [5, 5.41) is 6.71. The molecule has 0 aromatic heterocycles. The summed E-state index contributed by atoms with van der Waals surface area (Å²) in [5.74, 6) is 0. The number of hydrogen-bond acceptors (Lipinski definition) is 3. The van der Waals surface area contributed by atoms with E-state index in [2.05, 4.69) is 15.3 Å². The number of ether oxygens (including phenoxy) is 1. The number of nitrogens with one attached hydrogen (secondary N) is 1. The molecule has 1 aliphatic heterocycles. The molecule has 0 radical (unpaired) electrons. The summed E-state index contributed by atoms with van der Waals surface area (Å²) in [4.78, 5) is 2.69. The molecular weight excluding hydrogens is 156 g/mol. The summed E-state index contributed by atoms with van der Waals surface area (Å²) in [7, 11) is 0. The molecule has 1 N–H and O–H groups in total. The molecule has 0 bridgehead atoms. The second kappa shape index (κ2) is 5.83. The number of hydrogen-bond donors (Lipinski definition) is 1. The van der Waals surface area contributed by atoms with Gasteiger partial charge in [0, 0.05) is 24.5 Å². The third-order valence-electron chi connectivity index (χ3n) is 1.85. The predicted molar refractivity (Wildman–Crippen MR) is 45.9 cm³/mol. The largest absolute Gasteiger partial charge is 0.376 e. The van der Waals surface area contributed by atoms with Crippen molar-refractivity contribution in [1.82, 2.24) is 5.32 Å². The van der Waals surface area contributed by atoms with Crippen LogP contribution in [0, 0.1) is 0 Å². The van der Waals surface area contributed by atoms with Gasteiger partial charge in [-0.15, -0.1) is 0 Å². The maximum Gasteiger partial charge on any atom is 0.0700 e. The van der Waals surface area contributed by atoms with E-state index < -0.39 is 0 Å². The first-order valence-corrected chi connectivity index (χ1v) is 4.26. The van der Waals surface area contributed by atoms with Crippen LogP contribution in [0.3, 0.4) is 0 Å². The Morgan fingerprint density at radius 2 is 2.58 bits per heavy atom. The molecule has 0 spiro atoms. The first kappa shape index (κ1) is 9.32. The van der Waals surface area contributed by atoms with Gasteiger partial charge in [0.15, 0.2) is 0 Å². The van der Waals surface area contributed by atoms with E-state index in [9.17, 15) is 0 Å². The van der Waals surface area contributed by atoms with Crippen LogP contribution in [0.1, 0.15) is 12.8 Å². The molecule has 0 saturated carbocycles. The third-order valence-corrected chi connectivity index (χ3v) is 1.85. The summed E-state index contributed by atoms with van der Waals surface area (Å²) < 4.78 is 5.46. The van der Waals surface area contributed by atoms with E-state index in [0.717, 1.165) is 32.5 Å². The van der Waals surface area contributed by atoms with Gasteiger partial charge in [0.05, 0.1) is 12.7 Å². The first-order valence-electron chi connectivity index (χ1n) is 4.26. The highest BCUT2D eigenvalue weighted by molar-refractivity contribution is 4.67. The highest BCUT2D eigenvalue weighted by atomic mass is 16.5. The Hall–Kier alpha value is -0.770. The number of morpholine rings is 1. The van der Waals surface area contributed by atoms with Crippen LogP contribution in [0.4, 0.5) is 0 Å². The van der Waals surface area contributed by atoms with Crippen molar-refractivity contribution in [3.05, 3.63) is 10.4 Å². The lowest BCUT2D eigenvalue weighted by Gasteiger charge is -2.23. The standard InChI is InChI=1S/C7H14N4O/c8-11-10-3-1-2-7-6-9-4-5-12-7/h7,9H,1-6H2/t7-/m0/s1. The fourth-order valence-corrected chi connectivity index (χ4v) is 1.24. The summed E-state index contributed by atoms with van der Waals surface area (Å²) in [6.07, 6.45) is 2.20. The second-order valence-corrected chi connectivity index (χ2v) is 2.79. The molecule has 0 aliphatic carbocycles. The Morgan fingerprint density at radius 1 is 1.67 bits per heavy atom. The van der Waals surface area contributed by atoms with Crippen molar-refractivity contribution >= 4 is 0 Å². The van der Waals surface area contributed by atoms with Gasteiger partial charge in [-0.1, -0.05) is 5.11 Å². The average molecular weight is 170 g/mol. The monoisotopic (exact) mass is 170 g/mol. The molecule has 1 heterocycles. The van der Waals surface area contributed by atoms with Gasteiger partial charge >= 0.3 is 0 Å². The van der Waals surface area contributed by atoms with Gasteiger partial charge < -0.3 is 10.1 Å². The molecule has 1 saturated heterocycles. The van der Waals surface area contributed by atoms with E-state index >= 15 is 0 Å². The van der Waals surface area contributed by atoms with Crippen molar-refractivity contribution in [1.29, 1.82) is 0 Å². The summed E-state index contributed by atoms with van der Waals surface area (Å²) in [6, 6.07) is 0. The zero-order valence-electron chi connectivity index (χ0n) is 7.07. The second-order valence-electron chi connectivity index (χ2n) is 2.79. The van der Waals surface area contributed by atoms with E-state index in [4.69, 9.17) is 10.3 Å². The predicted octanol–water partition coefficient (Wildman–Crippen LogP) is 1.07. The van der Waals surface area contributed by atoms with Crippen LogP contribution in [0.5, 0.6) is 0 Å². The van der Waals surface area contributed by atoms with Gasteiger partial charge in [-0.25, -0.2) is 0 Å². The van der Waals surface area contributed by atoms with Gasteiger partial charge in [0.2, 0.25) is 0 Å². The Balaban J connectivity index is 2.01. The molecule has 1 aliphatic rings. The van der Waals surface area contributed by atoms with Gasteiger partial charge in [0.1, 0.15) is 0 Å². The topological polar surface area (TPSA) is 70.0 Å². The summed E-state index contributed by atoms with van der Waals surface area (Å²) >= 11 is 0. The average Bonchev–Trinajstić information content (AvgIpc) is 2.14. The lowest BCUT2D eigenvalue weighted by Crippen LogP contribution is -2.38. The lowest BCUT2D eigenvalue weighted by molar-refractivity contribution is 0.0228. The molecular formula is C7H14N4O.